The standard InChI is InChI=1S/C12H27NO/c1-2-3-6-9-12(14)10-7-4-5-8-11-13/h12,14H,2-11,13H2,1H3. The van der Waals surface area contributed by atoms with E-state index in [0.29, 0.717) is 0 Å². The van der Waals surface area contributed by atoms with Crippen molar-refractivity contribution in [2.45, 2.75) is 70.8 Å². The first-order valence-electron chi connectivity index (χ1n) is 6.19. The molecule has 0 aliphatic carbocycles. The van der Waals surface area contributed by atoms with Gasteiger partial charge in [-0.25, -0.2) is 0 Å². The Bertz CT molecular complexity index is 106. The number of aliphatic hydroxyl groups excluding tert-OH is 1. The van der Waals surface area contributed by atoms with Crippen LogP contribution in [0, 0.1) is 0 Å². The number of rotatable bonds is 10. The predicted octanol–water partition coefficient (Wildman–Crippen LogP) is 2.84. The van der Waals surface area contributed by atoms with Crippen molar-refractivity contribution < 1.29 is 5.11 Å². The van der Waals surface area contributed by atoms with Gasteiger partial charge in [-0.05, 0) is 25.8 Å². The summed E-state index contributed by atoms with van der Waals surface area (Å²) in [5, 5.41) is 9.61. The first-order chi connectivity index (χ1) is 6.81. The van der Waals surface area contributed by atoms with E-state index in [2.05, 4.69) is 6.92 Å². The average molecular weight is 201 g/mol. The van der Waals surface area contributed by atoms with Crippen molar-refractivity contribution in [3.8, 4) is 0 Å². The lowest BCUT2D eigenvalue weighted by molar-refractivity contribution is 0.147. The van der Waals surface area contributed by atoms with E-state index in [-0.39, 0.29) is 6.10 Å². The molecule has 1 atom stereocenters. The lowest BCUT2D eigenvalue weighted by atomic mass is 10.0. The van der Waals surface area contributed by atoms with Gasteiger partial charge < -0.3 is 10.8 Å². The Morgan fingerprint density at radius 2 is 1.50 bits per heavy atom. The average Bonchev–Trinajstić information content (AvgIpc) is 2.18. The number of unbranched alkanes of at least 4 members (excludes halogenated alkanes) is 5. The van der Waals surface area contributed by atoms with E-state index in [9.17, 15) is 5.11 Å². The van der Waals surface area contributed by atoms with E-state index in [4.69, 9.17) is 5.73 Å². The summed E-state index contributed by atoms with van der Waals surface area (Å²) in [4.78, 5) is 0. The fourth-order valence-electron chi connectivity index (χ4n) is 1.65. The monoisotopic (exact) mass is 201 g/mol. The van der Waals surface area contributed by atoms with Gasteiger partial charge in [0.05, 0.1) is 6.10 Å². The Balaban J connectivity index is 3.06. The number of hydrogen-bond acceptors (Lipinski definition) is 2. The van der Waals surface area contributed by atoms with E-state index in [1.54, 1.807) is 0 Å². The molecule has 0 spiro atoms. The highest BCUT2D eigenvalue weighted by Gasteiger charge is 2.02. The van der Waals surface area contributed by atoms with E-state index in [1.165, 1.54) is 32.1 Å². The third kappa shape index (κ3) is 10.0. The lowest BCUT2D eigenvalue weighted by Crippen LogP contribution is -2.06. The largest absolute Gasteiger partial charge is 0.393 e. The second kappa shape index (κ2) is 11.0. The van der Waals surface area contributed by atoms with Gasteiger partial charge in [0.1, 0.15) is 0 Å². The van der Waals surface area contributed by atoms with Crippen LogP contribution in [0.4, 0.5) is 0 Å². The number of aliphatic hydroxyl groups is 1. The minimum Gasteiger partial charge on any atom is -0.393 e. The topological polar surface area (TPSA) is 46.2 Å². The van der Waals surface area contributed by atoms with E-state index >= 15 is 0 Å². The zero-order valence-electron chi connectivity index (χ0n) is 9.67. The van der Waals surface area contributed by atoms with Crippen LogP contribution in [-0.2, 0) is 0 Å². The molecule has 0 aliphatic rings. The van der Waals surface area contributed by atoms with Gasteiger partial charge in [0, 0.05) is 0 Å². The van der Waals surface area contributed by atoms with E-state index < -0.39 is 0 Å². The molecule has 0 aromatic rings. The van der Waals surface area contributed by atoms with Crippen LogP contribution in [-0.4, -0.2) is 17.8 Å². The van der Waals surface area contributed by atoms with Crippen LogP contribution in [0.1, 0.15) is 64.7 Å². The van der Waals surface area contributed by atoms with Gasteiger partial charge >= 0.3 is 0 Å². The minimum atomic E-state index is -0.0561. The van der Waals surface area contributed by atoms with Gasteiger partial charge in [-0.1, -0.05) is 45.4 Å². The highest BCUT2D eigenvalue weighted by atomic mass is 16.3. The van der Waals surface area contributed by atoms with Gasteiger partial charge in [0.15, 0.2) is 0 Å². The Morgan fingerprint density at radius 1 is 0.929 bits per heavy atom. The van der Waals surface area contributed by atoms with Crippen molar-refractivity contribution in [3.05, 3.63) is 0 Å². The quantitative estimate of drug-likeness (QED) is 0.534. The number of hydrogen-bond donors (Lipinski definition) is 2. The van der Waals surface area contributed by atoms with E-state index in [0.717, 1.165) is 32.2 Å². The third-order valence-electron chi connectivity index (χ3n) is 2.63. The molecule has 86 valence electrons. The van der Waals surface area contributed by atoms with Crippen molar-refractivity contribution >= 4 is 0 Å². The van der Waals surface area contributed by atoms with Crippen LogP contribution in [0.25, 0.3) is 0 Å². The van der Waals surface area contributed by atoms with Crippen molar-refractivity contribution in [1.29, 1.82) is 0 Å². The highest BCUT2D eigenvalue weighted by molar-refractivity contribution is 4.56. The Morgan fingerprint density at radius 3 is 2.07 bits per heavy atom. The smallest absolute Gasteiger partial charge is 0.0540 e. The van der Waals surface area contributed by atoms with Gasteiger partial charge in [-0.3, -0.25) is 0 Å². The van der Waals surface area contributed by atoms with Crippen LogP contribution in [0.2, 0.25) is 0 Å². The summed E-state index contributed by atoms with van der Waals surface area (Å²) >= 11 is 0. The van der Waals surface area contributed by atoms with Crippen LogP contribution in [0.3, 0.4) is 0 Å². The molecule has 0 saturated heterocycles. The fourth-order valence-corrected chi connectivity index (χ4v) is 1.65. The Kier molecular flexibility index (Phi) is 10.9. The van der Waals surface area contributed by atoms with Gasteiger partial charge in [0.2, 0.25) is 0 Å². The minimum absolute atomic E-state index is 0.0561. The van der Waals surface area contributed by atoms with Gasteiger partial charge in [-0.2, -0.15) is 0 Å². The molecule has 3 N–H and O–H groups in total. The van der Waals surface area contributed by atoms with Crippen LogP contribution in [0.15, 0.2) is 0 Å². The summed E-state index contributed by atoms with van der Waals surface area (Å²) in [5.41, 5.74) is 5.40. The molecule has 0 aromatic carbocycles. The normalized spacial score (nSPS) is 13.1. The summed E-state index contributed by atoms with van der Waals surface area (Å²) in [5.74, 6) is 0. The molecule has 0 aliphatic heterocycles. The van der Waals surface area contributed by atoms with Crippen molar-refractivity contribution in [2.75, 3.05) is 6.54 Å². The molecule has 0 heterocycles. The molecule has 1 unspecified atom stereocenters. The molecule has 0 saturated carbocycles. The van der Waals surface area contributed by atoms with Gasteiger partial charge in [-0.15, -0.1) is 0 Å². The molecule has 14 heavy (non-hydrogen) atoms. The summed E-state index contributed by atoms with van der Waals surface area (Å²) < 4.78 is 0. The SMILES string of the molecule is CCCCCC(O)CCCCCCN. The maximum absolute atomic E-state index is 9.61. The summed E-state index contributed by atoms with van der Waals surface area (Å²) in [7, 11) is 0. The summed E-state index contributed by atoms with van der Waals surface area (Å²) in [6.45, 7) is 3.00. The first kappa shape index (κ1) is 13.9. The molecule has 2 heteroatoms. The molecular formula is C12H27NO. The van der Waals surface area contributed by atoms with Crippen LogP contribution < -0.4 is 5.73 Å². The number of nitrogens with two attached hydrogens (primary N) is 1. The summed E-state index contributed by atoms with van der Waals surface area (Å²) in [6, 6.07) is 0. The second-order valence-electron chi connectivity index (χ2n) is 4.14. The molecule has 0 radical (unpaired) electrons. The third-order valence-corrected chi connectivity index (χ3v) is 2.63. The molecule has 0 rings (SSSR count). The van der Waals surface area contributed by atoms with Crippen molar-refractivity contribution in [3.63, 3.8) is 0 Å². The zero-order chi connectivity index (χ0) is 10.6. The molecule has 0 fully saturated rings. The Hall–Kier alpha value is -0.0800. The molecule has 0 amide bonds. The zero-order valence-corrected chi connectivity index (χ0v) is 9.67. The summed E-state index contributed by atoms with van der Waals surface area (Å²) in [6.07, 6.45) is 10.3. The van der Waals surface area contributed by atoms with E-state index in [1.807, 2.05) is 0 Å². The molecular weight excluding hydrogens is 174 g/mol. The predicted molar refractivity (Wildman–Crippen MR) is 62.3 cm³/mol. The highest BCUT2D eigenvalue weighted by Crippen LogP contribution is 2.11. The van der Waals surface area contributed by atoms with Crippen molar-refractivity contribution in [2.24, 2.45) is 5.73 Å². The molecule has 0 bridgehead atoms. The van der Waals surface area contributed by atoms with Crippen LogP contribution in [0.5, 0.6) is 0 Å². The van der Waals surface area contributed by atoms with Gasteiger partial charge in [0.25, 0.3) is 0 Å². The first-order valence-corrected chi connectivity index (χ1v) is 6.19. The van der Waals surface area contributed by atoms with Crippen molar-refractivity contribution in [1.82, 2.24) is 0 Å². The molecule has 2 nitrogen and oxygen atoms in total. The second-order valence-corrected chi connectivity index (χ2v) is 4.14. The fraction of sp³-hybridized carbons (Fsp3) is 1.00. The van der Waals surface area contributed by atoms with Crippen LogP contribution >= 0.6 is 0 Å². The maximum Gasteiger partial charge on any atom is 0.0540 e. The Labute approximate surface area is 88.9 Å². The molecule has 0 aromatic heterocycles. The maximum atomic E-state index is 9.61. The lowest BCUT2D eigenvalue weighted by Gasteiger charge is -2.09.